The number of hydrogen-bond donors (Lipinski definition) is 0. The van der Waals surface area contributed by atoms with Gasteiger partial charge in [0.15, 0.2) is 0 Å². The molecule has 6 heteroatoms. The lowest BCUT2D eigenvalue weighted by molar-refractivity contribution is 0.0728. The standard InChI is InChI=1S/C18H16BrN3OS/c19-14-15-17(21-13(11-20-15)12-7-3-1-4-8-12)24-16(14)18(23)22-9-5-2-6-10-22/h1,3-4,7-8,11H,2,5-6,9-10H2. The van der Waals surface area contributed by atoms with E-state index in [2.05, 4.69) is 20.9 Å². The maximum absolute atomic E-state index is 12.8. The number of nitrogens with zero attached hydrogens (tertiary/aromatic N) is 3. The average Bonchev–Trinajstić information content (AvgIpc) is 2.99. The number of benzene rings is 1. The molecule has 3 aromatic rings. The molecule has 4 rings (SSSR count). The lowest BCUT2D eigenvalue weighted by Crippen LogP contribution is -2.35. The van der Waals surface area contributed by atoms with Crippen molar-refractivity contribution >= 4 is 43.5 Å². The minimum absolute atomic E-state index is 0.0904. The molecule has 0 spiro atoms. The molecule has 3 heterocycles. The molecule has 1 amide bonds. The number of rotatable bonds is 2. The van der Waals surface area contributed by atoms with Crippen molar-refractivity contribution in [3.8, 4) is 11.3 Å². The fourth-order valence-electron chi connectivity index (χ4n) is 2.97. The molecule has 1 aliphatic rings. The molecule has 4 nitrogen and oxygen atoms in total. The van der Waals surface area contributed by atoms with Gasteiger partial charge in [-0.15, -0.1) is 11.3 Å². The Morgan fingerprint density at radius 3 is 2.62 bits per heavy atom. The number of carbonyl (C=O) groups is 1. The van der Waals surface area contributed by atoms with E-state index < -0.39 is 0 Å². The summed E-state index contributed by atoms with van der Waals surface area (Å²) < 4.78 is 0.769. The van der Waals surface area contributed by atoms with Gasteiger partial charge >= 0.3 is 0 Å². The normalized spacial score (nSPS) is 15.0. The number of piperidine rings is 1. The van der Waals surface area contributed by atoms with E-state index >= 15 is 0 Å². The Balaban J connectivity index is 1.73. The Bertz CT molecular complexity index is 888. The number of halogens is 1. The molecule has 1 aliphatic heterocycles. The Labute approximate surface area is 152 Å². The van der Waals surface area contributed by atoms with E-state index in [0.717, 1.165) is 52.0 Å². The van der Waals surface area contributed by atoms with Gasteiger partial charge in [-0.1, -0.05) is 30.3 Å². The van der Waals surface area contributed by atoms with E-state index in [4.69, 9.17) is 4.98 Å². The summed E-state index contributed by atoms with van der Waals surface area (Å²) in [6, 6.07) is 9.97. The largest absolute Gasteiger partial charge is 0.338 e. The van der Waals surface area contributed by atoms with Crippen LogP contribution in [0.2, 0.25) is 0 Å². The van der Waals surface area contributed by atoms with Crippen molar-refractivity contribution in [2.45, 2.75) is 19.3 Å². The highest BCUT2D eigenvalue weighted by molar-refractivity contribution is 9.10. The molecule has 0 aliphatic carbocycles. The van der Waals surface area contributed by atoms with Gasteiger partial charge in [-0.3, -0.25) is 9.78 Å². The summed E-state index contributed by atoms with van der Waals surface area (Å²) in [7, 11) is 0. The van der Waals surface area contributed by atoms with Crippen molar-refractivity contribution in [1.29, 1.82) is 0 Å². The highest BCUT2D eigenvalue weighted by Gasteiger charge is 2.24. The molecule has 24 heavy (non-hydrogen) atoms. The number of hydrogen-bond acceptors (Lipinski definition) is 4. The summed E-state index contributed by atoms with van der Waals surface area (Å²) in [6.45, 7) is 1.69. The van der Waals surface area contributed by atoms with Crippen LogP contribution in [0, 0.1) is 0 Å². The highest BCUT2D eigenvalue weighted by Crippen LogP contribution is 2.35. The molecule has 2 aromatic heterocycles. The lowest BCUT2D eigenvalue weighted by atomic mass is 10.1. The van der Waals surface area contributed by atoms with Crippen molar-refractivity contribution in [3.63, 3.8) is 0 Å². The fourth-order valence-corrected chi connectivity index (χ4v) is 4.79. The maximum Gasteiger partial charge on any atom is 0.265 e. The van der Waals surface area contributed by atoms with Crippen LogP contribution in [0.3, 0.4) is 0 Å². The summed E-state index contributed by atoms with van der Waals surface area (Å²) in [5, 5.41) is 0. The van der Waals surface area contributed by atoms with Gasteiger partial charge in [0, 0.05) is 18.7 Å². The Morgan fingerprint density at radius 2 is 1.88 bits per heavy atom. The number of likely N-dealkylation sites (tertiary alicyclic amines) is 1. The molecule has 0 radical (unpaired) electrons. The van der Waals surface area contributed by atoms with Crippen LogP contribution in [0.15, 0.2) is 41.0 Å². The van der Waals surface area contributed by atoms with Gasteiger partial charge in [0.05, 0.1) is 16.4 Å². The van der Waals surface area contributed by atoms with Gasteiger partial charge < -0.3 is 4.90 Å². The molecule has 1 fully saturated rings. The molecule has 0 N–H and O–H groups in total. The molecule has 0 bridgehead atoms. The van der Waals surface area contributed by atoms with E-state index in [1.807, 2.05) is 35.2 Å². The first-order chi connectivity index (χ1) is 11.7. The molecule has 1 saturated heterocycles. The van der Waals surface area contributed by atoms with Crippen LogP contribution in [-0.4, -0.2) is 33.9 Å². The second-order valence-electron chi connectivity index (χ2n) is 5.87. The van der Waals surface area contributed by atoms with Crippen LogP contribution in [0.5, 0.6) is 0 Å². The average molecular weight is 402 g/mol. The van der Waals surface area contributed by atoms with Crippen molar-refractivity contribution in [3.05, 3.63) is 45.9 Å². The quantitative estimate of drug-likeness (QED) is 0.622. The van der Waals surface area contributed by atoms with Crippen LogP contribution in [0.4, 0.5) is 0 Å². The Kier molecular flexibility index (Phi) is 4.33. The van der Waals surface area contributed by atoms with Crippen molar-refractivity contribution in [1.82, 2.24) is 14.9 Å². The van der Waals surface area contributed by atoms with E-state index in [1.165, 1.54) is 17.8 Å². The minimum Gasteiger partial charge on any atom is -0.338 e. The topological polar surface area (TPSA) is 46.1 Å². The molecular weight excluding hydrogens is 386 g/mol. The number of fused-ring (bicyclic) bond motifs is 1. The van der Waals surface area contributed by atoms with Crippen molar-refractivity contribution in [2.24, 2.45) is 0 Å². The predicted molar refractivity (Wildman–Crippen MR) is 100 cm³/mol. The van der Waals surface area contributed by atoms with Gasteiger partial charge in [-0.25, -0.2) is 4.98 Å². The van der Waals surface area contributed by atoms with Crippen molar-refractivity contribution in [2.75, 3.05) is 13.1 Å². The maximum atomic E-state index is 12.8. The Hall–Kier alpha value is -1.79. The lowest BCUT2D eigenvalue weighted by Gasteiger charge is -2.26. The van der Waals surface area contributed by atoms with Gasteiger partial charge in [0.2, 0.25) is 0 Å². The zero-order valence-electron chi connectivity index (χ0n) is 13.0. The van der Waals surface area contributed by atoms with E-state index in [9.17, 15) is 4.79 Å². The molecule has 1 aromatic carbocycles. The first-order valence-electron chi connectivity index (χ1n) is 8.04. The molecule has 122 valence electrons. The smallest absolute Gasteiger partial charge is 0.265 e. The summed E-state index contributed by atoms with van der Waals surface area (Å²) in [5.41, 5.74) is 2.62. The second-order valence-corrected chi connectivity index (χ2v) is 7.67. The number of carbonyl (C=O) groups excluding carboxylic acids is 1. The third-order valence-electron chi connectivity index (χ3n) is 4.25. The Morgan fingerprint density at radius 1 is 1.12 bits per heavy atom. The first kappa shape index (κ1) is 15.7. The zero-order chi connectivity index (χ0) is 16.5. The van der Waals surface area contributed by atoms with Crippen LogP contribution < -0.4 is 0 Å². The van der Waals surface area contributed by atoms with Gasteiger partial charge in [0.1, 0.15) is 15.2 Å². The van der Waals surface area contributed by atoms with Gasteiger partial charge in [0.25, 0.3) is 5.91 Å². The fraction of sp³-hybridized carbons (Fsp3) is 0.278. The molecule has 0 atom stereocenters. The van der Waals surface area contributed by atoms with E-state index in [-0.39, 0.29) is 5.91 Å². The zero-order valence-corrected chi connectivity index (χ0v) is 15.4. The highest BCUT2D eigenvalue weighted by atomic mass is 79.9. The monoisotopic (exact) mass is 401 g/mol. The number of aromatic nitrogens is 2. The predicted octanol–water partition coefficient (Wildman–Crippen LogP) is 4.75. The number of thiophene rings is 1. The SMILES string of the molecule is O=C(c1sc2nc(-c3ccccc3)cnc2c1Br)N1CCCCC1. The van der Waals surface area contributed by atoms with Gasteiger partial charge in [-0.2, -0.15) is 0 Å². The molecule has 0 unspecified atom stereocenters. The summed E-state index contributed by atoms with van der Waals surface area (Å²) in [4.78, 5) is 25.5. The minimum atomic E-state index is 0.0904. The summed E-state index contributed by atoms with van der Waals surface area (Å²) >= 11 is 4.98. The van der Waals surface area contributed by atoms with Crippen LogP contribution in [0.1, 0.15) is 28.9 Å². The van der Waals surface area contributed by atoms with E-state index in [0.29, 0.717) is 4.88 Å². The number of amides is 1. The third kappa shape index (κ3) is 2.84. The van der Waals surface area contributed by atoms with Crippen LogP contribution >= 0.6 is 27.3 Å². The summed E-state index contributed by atoms with van der Waals surface area (Å²) in [6.07, 6.45) is 5.15. The van der Waals surface area contributed by atoms with Crippen molar-refractivity contribution < 1.29 is 4.79 Å². The van der Waals surface area contributed by atoms with Crippen LogP contribution in [0.25, 0.3) is 21.6 Å². The second kappa shape index (κ2) is 6.61. The van der Waals surface area contributed by atoms with E-state index in [1.54, 1.807) is 6.20 Å². The first-order valence-corrected chi connectivity index (χ1v) is 9.65. The summed E-state index contributed by atoms with van der Waals surface area (Å²) in [5.74, 6) is 0.0904. The van der Waals surface area contributed by atoms with Gasteiger partial charge in [-0.05, 0) is 35.2 Å². The molecular formula is C18H16BrN3OS. The molecule has 0 saturated carbocycles. The van der Waals surface area contributed by atoms with Crippen LogP contribution in [-0.2, 0) is 0 Å². The third-order valence-corrected chi connectivity index (χ3v) is 6.35.